The maximum atomic E-state index is 12.2. The van der Waals surface area contributed by atoms with Gasteiger partial charge in [0.25, 0.3) is 0 Å². The zero-order valence-corrected chi connectivity index (χ0v) is 22.1. The van der Waals surface area contributed by atoms with E-state index >= 15 is 0 Å². The number of halogens is 2. The summed E-state index contributed by atoms with van der Waals surface area (Å²) in [4.78, 5) is 16.3. The molecule has 1 fully saturated rings. The second-order valence-electron chi connectivity index (χ2n) is 8.86. The van der Waals surface area contributed by atoms with Crippen LogP contribution in [0.4, 0.5) is 0 Å². The lowest BCUT2D eigenvalue weighted by Gasteiger charge is -2.24. The summed E-state index contributed by atoms with van der Waals surface area (Å²) in [5.41, 5.74) is 3.81. The lowest BCUT2D eigenvalue weighted by molar-refractivity contribution is -0.0366. The standard InChI is InChI=1S/C28H27Cl2N3O4/c1-3-35-28(34)19-9-7-18(8-10-19)27-20-14-32-33(25-6-4-5-13-36-25)23(20)11-12-24(27)37-17(2)26-21(29)15-31-16-22(26)30/h7-12,14-17,25H,3-6,13H2,1-2H3/t17-,25?/m1/s1. The van der Waals surface area contributed by atoms with Gasteiger partial charge in [0.15, 0.2) is 6.23 Å². The van der Waals surface area contributed by atoms with Crippen LogP contribution in [0.2, 0.25) is 10.0 Å². The van der Waals surface area contributed by atoms with Gasteiger partial charge in [-0.25, -0.2) is 9.48 Å². The quantitative estimate of drug-likeness (QED) is 0.227. The van der Waals surface area contributed by atoms with Crippen LogP contribution in [-0.2, 0) is 9.47 Å². The van der Waals surface area contributed by atoms with Gasteiger partial charge in [-0.1, -0.05) is 35.3 Å². The zero-order chi connectivity index (χ0) is 25.9. The smallest absolute Gasteiger partial charge is 0.338 e. The number of rotatable bonds is 7. The average Bonchev–Trinajstić information content (AvgIpc) is 3.33. The minimum atomic E-state index is -0.449. The highest BCUT2D eigenvalue weighted by atomic mass is 35.5. The lowest BCUT2D eigenvalue weighted by Crippen LogP contribution is -2.18. The monoisotopic (exact) mass is 539 g/mol. The minimum Gasteiger partial charge on any atom is -0.485 e. The Morgan fingerprint density at radius 3 is 2.54 bits per heavy atom. The Kier molecular flexibility index (Phi) is 7.65. The fraction of sp³-hybridized carbons (Fsp3) is 0.321. The first-order chi connectivity index (χ1) is 18.0. The fourth-order valence-corrected chi connectivity index (χ4v) is 5.36. The molecule has 2 aromatic carbocycles. The Morgan fingerprint density at radius 1 is 1.11 bits per heavy atom. The number of fused-ring (bicyclic) bond motifs is 1. The van der Waals surface area contributed by atoms with Crippen molar-refractivity contribution >= 4 is 40.1 Å². The number of aromatic nitrogens is 3. The van der Waals surface area contributed by atoms with Crippen LogP contribution in [0.15, 0.2) is 55.0 Å². The predicted octanol–water partition coefficient (Wildman–Crippen LogP) is 7.42. The van der Waals surface area contributed by atoms with Crippen molar-refractivity contribution in [2.45, 2.75) is 45.4 Å². The Labute approximate surface area is 225 Å². The summed E-state index contributed by atoms with van der Waals surface area (Å²) in [5, 5.41) is 6.47. The van der Waals surface area contributed by atoms with Crippen LogP contribution in [-0.4, -0.2) is 33.9 Å². The largest absolute Gasteiger partial charge is 0.485 e. The Bertz CT molecular complexity index is 1390. The van der Waals surface area contributed by atoms with Gasteiger partial charge in [0.2, 0.25) is 0 Å². The van der Waals surface area contributed by atoms with Gasteiger partial charge >= 0.3 is 5.97 Å². The van der Waals surface area contributed by atoms with Gasteiger partial charge < -0.3 is 14.2 Å². The van der Waals surface area contributed by atoms with E-state index in [1.54, 1.807) is 31.5 Å². The first-order valence-corrected chi connectivity index (χ1v) is 13.1. The summed E-state index contributed by atoms with van der Waals surface area (Å²) in [6, 6.07) is 11.2. The fourth-order valence-electron chi connectivity index (χ4n) is 4.69. The maximum absolute atomic E-state index is 12.2. The van der Waals surface area contributed by atoms with Crippen molar-refractivity contribution in [3.8, 4) is 16.9 Å². The van der Waals surface area contributed by atoms with Gasteiger partial charge in [0.05, 0.1) is 33.9 Å². The zero-order valence-electron chi connectivity index (χ0n) is 20.6. The molecule has 7 nitrogen and oxygen atoms in total. The van der Waals surface area contributed by atoms with Crippen LogP contribution in [0.1, 0.15) is 61.4 Å². The Balaban J connectivity index is 1.60. The molecule has 1 aliphatic rings. The van der Waals surface area contributed by atoms with Gasteiger partial charge in [-0.05, 0) is 62.9 Å². The highest BCUT2D eigenvalue weighted by Crippen LogP contribution is 2.41. The van der Waals surface area contributed by atoms with Gasteiger partial charge in [0, 0.05) is 35.5 Å². The molecule has 0 radical (unpaired) electrons. The van der Waals surface area contributed by atoms with Crippen LogP contribution >= 0.6 is 23.2 Å². The maximum Gasteiger partial charge on any atom is 0.338 e. The highest BCUT2D eigenvalue weighted by molar-refractivity contribution is 6.35. The van der Waals surface area contributed by atoms with E-state index in [9.17, 15) is 4.79 Å². The van der Waals surface area contributed by atoms with Crippen LogP contribution in [0, 0.1) is 0 Å². The molecule has 0 amide bonds. The molecule has 3 heterocycles. The molecule has 1 aliphatic heterocycles. The number of nitrogens with zero attached hydrogens (tertiary/aromatic N) is 3. The van der Waals surface area contributed by atoms with Crippen LogP contribution in [0.5, 0.6) is 5.75 Å². The molecule has 37 heavy (non-hydrogen) atoms. The highest BCUT2D eigenvalue weighted by Gasteiger charge is 2.24. The molecule has 2 atom stereocenters. The Hall–Kier alpha value is -3.13. The summed E-state index contributed by atoms with van der Waals surface area (Å²) in [5.74, 6) is 0.276. The number of benzene rings is 2. The third kappa shape index (κ3) is 5.17. The van der Waals surface area contributed by atoms with Crippen molar-refractivity contribution in [1.82, 2.24) is 14.8 Å². The molecule has 0 spiro atoms. The van der Waals surface area contributed by atoms with E-state index in [2.05, 4.69) is 4.98 Å². The van der Waals surface area contributed by atoms with E-state index in [0.717, 1.165) is 47.9 Å². The molecular weight excluding hydrogens is 513 g/mol. The van der Waals surface area contributed by atoms with Crippen molar-refractivity contribution in [3.63, 3.8) is 0 Å². The molecule has 2 aromatic heterocycles. The third-order valence-electron chi connectivity index (χ3n) is 6.46. The summed E-state index contributed by atoms with van der Waals surface area (Å²) in [6.07, 6.45) is 7.45. The molecule has 0 saturated carbocycles. The van der Waals surface area contributed by atoms with Crippen molar-refractivity contribution in [3.05, 3.63) is 76.2 Å². The van der Waals surface area contributed by atoms with Gasteiger partial charge in [-0.2, -0.15) is 5.10 Å². The van der Waals surface area contributed by atoms with E-state index in [4.69, 9.17) is 42.5 Å². The van der Waals surface area contributed by atoms with E-state index in [-0.39, 0.29) is 12.2 Å². The summed E-state index contributed by atoms with van der Waals surface area (Å²) in [7, 11) is 0. The molecule has 4 aromatic rings. The molecule has 5 rings (SSSR count). The number of ether oxygens (including phenoxy) is 3. The summed E-state index contributed by atoms with van der Waals surface area (Å²) < 4.78 is 19.6. The van der Waals surface area contributed by atoms with Gasteiger partial charge in [-0.3, -0.25) is 4.98 Å². The first-order valence-electron chi connectivity index (χ1n) is 12.3. The van der Waals surface area contributed by atoms with Crippen LogP contribution in [0.3, 0.4) is 0 Å². The van der Waals surface area contributed by atoms with Crippen molar-refractivity contribution in [2.24, 2.45) is 0 Å². The van der Waals surface area contributed by atoms with Crippen molar-refractivity contribution < 1.29 is 19.0 Å². The van der Waals surface area contributed by atoms with E-state index < -0.39 is 6.10 Å². The predicted molar refractivity (Wildman–Crippen MR) is 143 cm³/mol. The van der Waals surface area contributed by atoms with E-state index in [1.165, 1.54) is 0 Å². The molecule has 0 bridgehead atoms. The molecular formula is C28H27Cl2N3O4. The number of esters is 1. The van der Waals surface area contributed by atoms with Crippen molar-refractivity contribution in [2.75, 3.05) is 13.2 Å². The lowest BCUT2D eigenvalue weighted by atomic mass is 9.99. The molecule has 0 aliphatic carbocycles. The second-order valence-corrected chi connectivity index (χ2v) is 9.67. The normalized spacial score (nSPS) is 16.5. The molecule has 192 valence electrons. The first kappa shape index (κ1) is 25.5. The van der Waals surface area contributed by atoms with Gasteiger partial charge in [0.1, 0.15) is 11.9 Å². The molecule has 0 N–H and O–H groups in total. The average molecular weight is 540 g/mol. The SMILES string of the molecule is CCOC(=O)c1ccc(-c2c(O[C@H](C)c3c(Cl)cncc3Cl)ccc3c2cnn3C2CCCCO2)cc1. The number of carbonyl (C=O) groups excluding carboxylic acids is 1. The van der Waals surface area contributed by atoms with Crippen molar-refractivity contribution in [1.29, 1.82) is 0 Å². The molecule has 9 heteroatoms. The van der Waals surface area contributed by atoms with Gasteiger partial charge in [-0.15, -0.1) is 0 Å². The number of pyridine rings is 1. The second kappa shape index (κ2) is 11.1. The number of hydrogen-bond acceptors (Lipinski definition) is 6. The number of carbonyl (C=O) groups is 1. The van der Waals surface area contributed by atoms with Crippen LogP contribution in [0.25, 0.3) is 22.0 Å². The minimum absolute atomic E-state index is 0.106. The van der Waals surface area contributed by atoms with E-state index in [0.29, 0.717) is 33.5 Å². The third-order valence-corrected chi connectivity index (χ3v) is 7.06. The number of hydrogen-bond donors (Lipinski definition) is 0. The Morgan fingerprint density at radius 2 is 1.86 bits per heavy atom. The summed E-state index contributed by atoms with van der Waals surface area (Å²) in [6.45, 7) is 4.72. The van der Waals surface area contributed by atoms with Crippen LogP contribution < -0.4 is 4.74 Å². The van der Waals surface area contributed by atoms with E-state index in [1.807, 2.05) is 42.1 Å². The summed E-state index contributed by atoms with van der Waals surface area (Å²) >= 11 is 12.8. The topological polar surface area (TPSA) is 75.5 Å². The molecule has 1 unspecified atom stereocenters. The molecule has 1 saturated heterocycles.